The molecule has 0 bridgehead atoms. The van der Waals surface area contributed by atoms with Crippen molar-refractivity contribution in [2.75, 3.05) is 0 Å². The molecule has 3 rings (SSSR count). The Labute approximate surface area is 117 Å². The summed E-state index contributed by atoms with van der Waals surface area (Å²) in [4.78, 5) is 15.4. The summed E-state index contributed by atoms with van der Waals surface area (Å²) in [6, 6.07) is 11.4. The van der Waals surface area contributed by atoms with Gasteiger partial charge in [0.1, 0.15) is 10.8 Å². The van der Waals surface area contributed by atoms with Gasteiger partial charge in [-0.05, 0) is 41.9 Å². The summed E-state index contributed by atoms with van der Waals surface area (Å²) in [6.07, 6.45) is 0. The fourth-order valence-electron chi connectivity index (χ4n) is 1.77. The van der Waals surface area contributed by atoms with Gasteiger partial charge >= 0.3 is 0 Å². The molecule has 0 fully saturated rings. The third kappa shape index (κ3) is 2.37. The lowest BCUT2D eigenvalue weighted by molar-refractivity contribution is 0.108. The fraction of sp³-hybridized carbons (Fsp3) is 0. The molecule has 1 aromatic heterocycles. The Bertz CT molecular complexity index is 767. The maximum atomic E-state index is 13.1. The molecule has 0 aliphatic heterocycles. The van der Waals surface area contributed by atoms with E-state index in [2.05, 4.69) is 4.98 Å². The first-order valence-electron chi connectivity index (χ1n) is 5.50. The molecule has 1 heterocycles. The molecule has 94 valence electrons. The molecule has 0 saturated carbocycles. The van der Waals surface area contributed by atoms with Crippen LogP contribution >= 0.6 is 22.9 Å². The van der Waals surface area contributed by atoms with E-state index in [0.29, 0.717) is 5.56 Å². The molecule has 19 heavy (non-hydrogen) atoms. The Morgan fingerprint density at radius 1 is 1.16 bits per heavy atom. The number of aromatic nitrogens is 1. The molecular formula is C14H7ClFNOS. The third-order valence-corrected chi connectivity index (χ3v) is 3.99. The van der Waals surface area contributed by atoms with E-state index in [1.807, 2.05) is 0 Å². The smallest absolute Gasteiger partial charge is 0.252 e. The van der Waals surface area contributed by atoms with Crippen LogP contribution in [0, 0.1) is 5.82 Å². The van der Waals surface area contributed by atoms with Crippen molar-refractivity contribution >= 4 is 38.4 Å². The monoisotopic (exact) mass is 291 g/mol. The highest BCUT2D eigenvalue weighted by molar-refractivity contribution is 7.21. The van der Waals surface area contributed by atoms with E-state index >= 15 is 0 Å². The Hall–Kier alpha value is -1.78. The minimum atomic E-state index is -0.488. The van der Waals surface area contributed by atoms with Crippen LogP contribution in [0.25, 0.3) is 20.8 Å². The van der Waals surface area contributed by atoms with Gasteiger partial charge in [-0.3, -0.25) is 4.79 Å². The van der Waals surface area contributed by atoms with Gasteiger partial charge < -0.3 is 0 Å². The van der Waals surface area contributed by atoms with Crippen molar-refractivity contribution in [1.29, 1.82) is 0 Å². The average molecular weight is 292 g/mol. The van der Waals surface area contributed by atoms with Crippen molar-refractivity contribution < 1.29 is 9.18 Å². The summed E-state index contributed by atoms with van der Waals surface area (Å²) in [5, 5.41) is 0.298. The van der Waals surface area contributed by atoms with Crippen molar-refractivity contribution in [3.05, 3.63) is 53.8 Å². The van der Waals surface area contributed by atoms with E-state index in [-0.39, 0.29) is 5.82 Å². The molecule has 0 unspecified atom stereocenters. The van der Waals surface area contributed by atoms with Crippen molar-refractivity contribution in [2.45, 2.75) is 0 Å². The first-order chi connectivity index (χ1) is 9.13. The second-order valence-corrected chi connectivity index (χ2v) is 5.36. The number of hydrogen-bond acceptors (Lipinski definition) is 3. The minimum absolute atomic E-state index is 0.272. The quantitative estimate of drug-likeness (QED) is 0.652. The van der Waals surface area contributed by atoms with Crippen molar-refractivity contribution in [3.63, 3.8) is 0 Å². The van der Waals surface area contributed by atoms with Crippen molar-refractivity contribution in [1.82, 2.24) is 4.98 Å². The van der Waals surface area contributed by atoms with Crippen LogP contribution in [0.15, 0.2) is 42.5 Å². The van der Waals surface area contributed by atoms with Gasteiger partial charge in [-0.1, -0.05) is 12.1 Å². The number of carbonyl (C=O) groups excluding carboxylic acids is 1. The van der Waals surface area contributed by atoms with Crippen LogP contribution in [0.4, 0.5) is 4.39 Å². The zero-order valence-electron chi connectivity index (χ0n) is 9.56. The van der Waals surface area contributed by atoms with E-state index < -0.39 is 5.24 Å². The van der Waals surface area contributed by atoms with E-state index in [1.54, 1.807) is 30.3 Å². The number of rotatable bonds is 2. The molecule has 0 amide bonds. The summed E-state index contributed by atoms with van der Waals surface area (Å²) < 4.78 is 13.9. The Kier molecular flexibility index (Phi) is 3.05. The van der Waals surface area contributed by atoms with Crippen molar-refractivity contribution in [2.24, 2.45) is 0 Å². The van der Waals surface area contributed by atoms with Crippen LogP contribution in [0.3, 0.4) is 0 Å². The lowest BCUT2D eigenvalue weighted by atomic mass is 10.1. The van der Waals surface area contributed by atoms with Gasteiger partial charge in [0.15, 0.2) is 0 Å². The van der Waals surface area contributed by atoms with E-state index in [4.69, 9.17) is 11.6 Å². The number of fused-ring (bicyclic) bond motifs is 1. The van der Waals surface area contributed by atoms with Crippen LogP contribution in [0.2, 0.25) is 0 Å². The molecule has 0 spiro atoms. The zero-order valence-corrected chi connectivity index (χ0v) is 11.1. The molecule has 2 aromatic carbocycles. The molecule has 2 nitrogen and oxygen atoms in total. The van der Waals surface area contributed by atoms with Gasteiger partial charge in [0.2, 0.25) is 0 Å². The van der Waals surface area contributed by atoms with Crippen LogP contribution in [0.5, 0.6) is 0 Å². The average Bonchev–Trinajstić information content (AvgIpc) is 2.81. The largest absolute Gasteiger partial charge is 0.276 e. The first kappa shape index (κ1) is 12.3. The number of benzene rings is 2. The Balaban J connectivity index is 2.06. The topological polar surface area (TPSA) is 30.0 Å². The maximum Gasteiger partial charge on any atom is 0.252 e. The second-order valence-electron chi connectivity index (χ2n) is 3.98. The molecule has 0 aliphatic carbocycles. The van der Waals surface area contributed by atoms with Crippen LogP contribution in [0.1, 0.15) is 10.4 Å². The highest BCUT2D eigenvalue weighted by Crippen LogP contribution is 2.30. The first-order valence-corrected chi connectivity index (χ1v) is 6.69. The summed E-state index contributed by atoms with van der Waals surface area (Å²) in [5.74, 6) is -0.272. The highest BCUT2D eigenvalue weighted by atomic mass is 35.5. The normalized spacial score (nSPS) is 10.8. The van der Waals surface area contributed by atoms with E-state index in [1.165, 1.54) is 23.5 Å². The number of halogens is 2. The van der Waals surface area contributed by atoms with Gasteiger partial charge in [0.05, 0.1) is 10.2 Å². The van der Waals surface area contributed by atoms with Gasteiger partial charge in [0.25, 0.3) is 5.24 Å². The van der Waals surface area contributed by atoms with Gasteiger partial charge in [-0.25, -0.2) is 9.37 Å². The summed E-state index contributed by atoms with van der Waals surface area (Å²) >= 11 is 6.80. The number of nitrogens with zero attached hydrogens (tertiary/aromatic N) is 1. The predicted molar refractivity (Wildman–Crippen MR) is 75.2 cm³/mol. The molecule has 0 aliphatic rings. The lowest BCUT2D eigenvalue weighted by Gasteiger charge is -1.96. The SMILES string of the molecule is O=C(Cl)c1ccc(-c2nc3ccc(F)cc3s2)cc1. The molecule has 3 aromatic rings. The second kappa shape index (κ2) is 4.72. The van der Waals surface area contributed by atoms with Crippen molar-refractivity contribution in [3.8, 4) is 10.6 Å². The number of thiazole rings is 1. The predicted octanol–water partition coefficient (Wildman–Crippen LogP) is 4.48. The minimum Gasteiger partial charge on any atom is -0.276 e. The standard InChI is InChI=1S/C14H7ClFNOS/c15-13(18)8-1-3-9(4-2-8)14-17-11-6-5-10(16)7-12(11)19-14/h1-7H. The van der Waals surface area contributed by atoms with Gasteiger partial charge in [0, 0.05) is 11.1 Å². The maximum absolute atomic E-state index is 13.1. The Morgan fingerprint density at radius 2 is 1.89 bits per heavy atom. The number of carbonyl (C=O) groups is 1. The molecule has 0 atom stereocenters. The van der Waals surface area contributed by atoms with Crippen LogP contribution < -0.4 is 0 Å². The molecular weight excluding hydrogens is 285 g/mol. The van der Waals surface area contributed by atoms with Gasteiger partial charge in [-0.15, -0.1) is 11.3 Å². The van der Waals surface area contributed by atoms with Crippen LogP contribution in [-0.2, 0) is 0 Å². The fourth-order valence-corrected chi connectivity index (χ4v) is 2.89. The highest BCUT2D eigenvalue weighted by Gasteiger charge is 2.08. The van der Waals surface area contributed by atoms with Gasteiger partial charge in [-0.2, -0.15) is 0 Å². The summed E-state index contributed by atoms with van der Waals surface area (Å²) in [6.45, 7) is 0. The Morgan fingerprint density at radius 3 is 2.58 bits per heavy atom. The lowest BCUT2D eigenvalue weighted by Crippen LogP contribution is -1.87. The molecule has 0 radical (unpaired) electrons. The zero-order chi connectivity index (χ0) is 13.4. The molecule has 5 heteroatoms. The number of hydrogen-bond donors (Lipinski definition) is 0. The summed E-state index contributed by atoms with van der Waals surface area (Å²) in [5.41, 5.74) is 2.08. The van der Waals surface area contributed by atoms with E-state index in [9.17, 15) is 9.18 Å². The third-order valence-electron chi connectivity index (χ3n) is 2.71. The molecule has 0 saturated heterocycles. The molecule has 0 N–H and O–H groups in total. The van der Waals surface area contributed by atoms with E-state index in [0.717, 1.165) is 20.8 Å². The van der Waals surface area contributed by atoms with Crippen LogP contribution in [-0.4, -0.2) is 10.2 Å². The summed E-state index contributed by atoms with van der Waals surface area (Å²) in [7, 11) is 0.